The van der Waals surface area contributed by atoms with Crippen molar-refractivity contribution in [3.8, 4) is 5.75 Å². The van der Waals surface area contributed by atoms with Gasteiger partial charge in [0.2, 0.25) is 0 Å². The van der Waals surface area contributed by atoms with E-state index in [0.29, 0.717) is 41.9 Å². The molecule has 0 saturated carbocycles. The van der Waals surface area contributed by atoms with Gasteiger partial charge >= 0.3 is 5.97 Å². The molecule has 0 radical (unpaired) electrons. The molecule has 2 aromatic rings. The number of amidine groups is 1. The Labute approximate surface area is 207 Å². The Kier molecular flexibility index (Phi) is 6.65. The second-order valence-electron chi connectivity index (χ2n) is 8.65. The third kappa shape index (κ3) is 4.59. The number of carbonyl (C=O) groups excluding carboxylic acids is 4. The molecule has 1 saturated heterocycles. The van der Waals surface area contributed by atoms with Crippen molar-refractivity contribution in [2.75, 3.05) is 23.8 Å². The molecule has 0 unspecified atom stereocenters. The Hall–Kier alpha value is -4.41. The minimum Gasteiger partial charge on any atom is -0.465 e. The number of nitrogens with two attached hydrogens (primary N) is 1. The van der Waals surface area contributed by atoms with Gasteiger partial charge in [0.05, 0.1) is 12.3 Å². The molecule has 3 amide bonds. The SMILES string of the molecule is CCOC(=O)[C@@H]1CCCN1C(=O)[C@]1(C)Oc2cc(NC(=O)c3ccc(C(=N)N)cc3)ccc2NC1=O. The standard InChI is InChI=1S/C25H27N5O6/c1-3-35-22(32)18-5-4-12-30(18)24(34)25(2)23(33)29-17-11-10-16(13-19(17)36-25)28-21(31)15-8-6-14(7-9-15)20(26)27/h6-11,13,18H,3-5,12H2,1-2H3,(H3,26,27)(H,28,31)(H,29,33)/t18-,25+/m0/s1. The number of rotatable bonds is 6. The monoisotopic (exact) mass is 493 g/mol. The van der Waals surface area contributed by atoms with Crippen LogP contribution in [0.25, 0.3) is 0 Å². The summed E-state index contributed by atoms with van der Waals surface area (Å²) in [7, 11) is 0. The number of esters is 1. The van der Waals surface area contributed by atoms with E-state index in [9.17, 15) is 19.2 Å². The van der Waals surface area contributed by atoms with Crippen LogP contribution in [0.15, 0.2) is 42.5 Å². The first-order chi connectivity index (χ1) is 17.1. The highest BCUT2D eigenvalue weighted by Crippen LogP contribution is 2.37. The number of anilines is 2. The van der Waals surface area contributed by atoms with Crippen LogP contribution in [-0.4, -0.2) is 59.2 Å². The maximum Gasteiger partial charge on any atom is 0.328 e. The van der Waals surface area contributed by atoms with E-state index in [-0.39, 0.29) is 18.2 Å². The fourth-order valence-corrected chi connectivity index (χ4v) is 4.21. The van der Waals surface area contributed by atoms with E-state index in [4.69, 9.17) is 20.6 Å². The highest BCUT2D eigenvalue weighted by molar-refractivity contribution is 6.16. The third-order valence-electron chi connectivity index (χ3n) is 6.17. The van der Waals surface area contributed by atoms with Gasteiger partial charge in [-0.2, -0.15) is 0 Å². The Morgan fingerprint density at radius 1 is 1.22 bits per heavy atom. The van der Waals surface area contributed by atoms with Gasteiger partial charge in [-0.25, -0.2) is 4.79 Å². The number of ether oxygens (including phenoxy) is 2. The molecule has 36 heavy (non-hydrogen) atoms. The van der Waals surface area contributed by atoms with Crippen LogP contribution >= 0.6 is 0 Å². The summed E-state index contributed by atoms with van der Waals surface area (Å²) in [6.07, 6.45) is 1.05. The first kappa shape index (κ1) is 24.7. The summed E-state index contributed by atoms with van der Waals surface area (Å²) in [5.74, 6) is -2.11. The van der Waals surface area contributed by atoms with Crippen LogP contribution in [0.5, 0.6) is 5.75 Å². The average Bonchev–Trinajstić information content (AvgIpc) is 3.34. The Balaban J connectivity index is 1.53. The van der Waals surface area contributed by atoms with Crippen molar-refractivity contribution in [3.05, 3.63) is 53.6 Å². The second kappa shape index (κ2) is 9.68. The van der Waals surface area contributed by atoms with Crippen molar-refractivity contribution in [2.45, 2.75) is 38.3 Å². The molecule has 11 nitrogen and oxygen atoms in total. The van der Waals surface area contributed by atoms with E-state index in [1.54, 1.807) is 43.3 Å². The van der Waals surface area contributed by atoms with Crippen LogP contribution in [0.3, 0.4) is 0 Å². The lowest BCUT2D eigenvalue weighted by molar-refractivity contribution is -0.162. The van der Waals surface area contributed by atoms with Gasteiger partial charge in [0.15, 0.2) is 0 Å². The molecule has 188 valence electrons. The van der Waals surface area contributed by atoms with Gasteiger partial charge in [0.25, 0.3) is 23.3 Å². The van der Waals surface area contributed by atoms with Gasteiger partial charge in [-0.05, 0) is 51.0 Å². The van der Waals surface area contributed by atoms with Crippen molar-refractivity contribution in [1.29, 1.82) is 5.41 Å². The van der Waals surface area contributed by atoms with Gasteiger partial charge in [-0.1, -0.05) is 12.1 Å². The van der Waals surface area contributed by atoms with Gasteiger partial charge in [-0.15, -0.1) is 0 Å². The summed E-state index contributed by atoms with van der Waals surface area (Å²) in [5.41, 5.74) is 5.11. The van der Waals surface area contributed by atoms with E-state index in [2.05, 4.69) is 10.6 Å². The van der Waals surface area contributed by atoms with Crippen LogP contribution in [0.1, 0.15) is 42.6 Å². The Bertz CT molecular complexity index is 1240. The number of benzene rings is 2. The average molecular weight is 494 g/mol. The molecule has 2 heterocycles. The maximum absolute atomic E-state index is 13.4. The molecule has 2 aliphatic rings. The number of nitrogens with one attached hydrogen (secondary N) is 3. The molecule has 2 aliphatic heterocycles. The van der Waals surface area contributed by atoms with Crippen LogP contribution < -0.4 is 21.1 Å². The summed E-state index contributed by atoms with van der Waals surface area (Å²) in [4.78, 5) is 52.7. The zero-order valence-corrected chi connectivity index (χ0v) is 19.9. The van der Waals surface area contributed by atoms with Crippen molar-refractivity contribution >= 4 is 40.9 Å². The first-order valence-corrected chi connectivity index (χ1v) is 11.5. The van der Waals surface area contributed by atoms with Crippen LogP contribution in [0.2, 0.25) is 0 Å². The summed E-state index contributed by atoms with van der Waals surface area (Å²) in [6, 6.07) is 10.1. The summed E-state index contributed by atoms with van der Waals surface area (Å²) in [5, 5.41) is 12.9. The number of hydrogen-bond donors (Lipinski definition) is 4. The smallest absolute Gasteiger partial charge is 0.328 e. The normalized spacial score (nSPS) is 20.6. The van der Waals surface area contributed by atoms with Gasteiger partial charge in [0, 0.05) is 29.4 Å². The van der Waals surface area contributed by atoms with E-state index in [1.165, 1.54) is 17.9 Å². The lowest BCUT2D eigenvalue weighted by Crippen LogP contribution is -2.61. The Morgan fingerprint density at radius 2 is 1.92 bits per heavy atom. The summed E-state index contributed by atoms with van der Waals surface area (Å²) < 4.78 is 11.0. The zero-order valence-electron chi connectivity index (χ0n) is 19.9. The molecule has 0 bridgehead atoms. The maximum atomic E-state index is 13.4. The number of fused-ring (bicyclic) bond motifs is 1. The van der Waals surface area contributed by atoms with Crippen molar-refractivity contribution < 1.29 is 28.7 Å². The van der Waals surface area contributed by atoms with Gasteiger partial charge in [-0.3, -0.25) is 19.8 Å². The van der Waals surface area contributed by atoms with E-state index in [1.807, 2.05) is 0 Å². The fourth-order valence-electron chi connectivity index (χ4n) is 4.21. The predicted octanol–water partition coefficient (Wildman–Crippen LogP) is 1.87. The molecule has 4 rings (SSSR count). The minimum atomic E-state index is -1.91. The van der Waals surface area contributed by atoms with Crippen molar-refractivity contribution in [2.24, 2.45) is 5.73 Å². The molecule has 0 spiro atoms. The number of likely N-dealkylation sites (tertiary alicyclic amines) is 1. The van der Waals surface area contributed by atoms with Crippen LogP contribution in [0.4, 0.5) is 11.4 Å². The molecule has 11 heteroatoms. The number of nitrogens with zero attached hydrogens (tertiary/aromatic N) is 1. The topological polar surface area (TPSA) is 164 Å². The van der Waals surface area contributed by atoms with Crippen molar-refractivity contribution in [3.63, 3.8) is 0 Å². The lowest BCUT2D eigenvalue weighted by atomic mass is 10.00. The zero-order chi connectivity index (χ0) is 26.0. The predicted molar refractivity (Wildman–Crippen MR) is 131 cm³/mol. The molecule has 2 aromatic carbocycles. The van der Waals surface area contributed by atoms with E-state index >= 15 is 0 Å². The van der Waals surface area contributed by atoms with Gasteiger partial charge < -0.3 is 30.7 Å². The molecular weight excluding hydrogens is 466 g/mol. The fraction of sp³-hybridized carbons (Fsp3) is 0.320. The Morgan fingerprint density at radius 3 is 2.58 bits per heavy atom. The van der Waals surface area contributed by atoms with E-state index in [0.717, 1.165) is 0 Å². The highest BCUT2D eigenvalue weighted by Gasteiger charge is 2.52. The number of nitrogen functional groups attached to an aromatic ring is 1. The van der Waals surface area contributed by atoms with Gasteiger partial charge in [0.1, 0.15) is 17.6 Å². The van der Waals surface area contributed by atoms with Crippen LogP contribution in [0, 0.1) is 5.41 Å². The molecule has 5 N–H and O–H groups in total. The quantitative estimate of drug-likeness (QED) is 0.206. The first-order valence-electron chi connectivity index (χ1n) is 11.5. The number of carbonyl (C=O) groups is 4. The van der Waals surface area contributed by atoms with E-state index < -0.39 is 35.3 Å². The lowest BCUT2D eigenvalue weighted by Gasteiger charge is -2.37. The number of amides is 3. The molecule has 2 atom stereocenters. The molecule has 0 aromatic heterocycles. The summed E-state index contributed by atoms with van der Waals surface area (Å²) >= 11 is 0. The van der Waals surface area contributed by atoms with Crippen LogP contribution in [-0.2, 0) is 19.1 Å². The molecule has 1 fully saturated rings. The third-order valence-corrected chi connectivity index (χ3v) is 6.17. The molecular formula is C25H27N5O6. The molecule has 0 aliphatic carbocycles. The summed E-state index contributed by atoms with van der Waals surface area (Å²) in [6.45, 7) is 3.54. The minimum absolute atomic E-state index is 0.101. The number of hydrogen-bond acceptors (Lipinski definition) is 7. The highest BCUT2D eigenvalue weighted by atomic mass is 16.5. The van der Waals surface area contributed by atoms with Crippen molar-refractivity contribution in [1.82, 2.24) is 4.90 Å². The largest absolute Gasteiger partial charge is 0.465 e. The second-order valence-corrected chi connectivity index (χ2v) is 8.65.